The highest BCUT2D eigenvalue weighted by molar-refractivity contribution is 5.76. The normalized spacial score (nSPS) is 23.3. The van der Waals surface area contributed by atoms with Crippen LogP contribution in [0.4, 0.5) is 0 Å². The molecule has 9 N–H and O–H groups in total. The minimum absolute atomic E-state index is 0.194. The molecule has 2 aliphatic rings. The lowest BCUT2D eigenvalue weighted by molar-refractivity contribution is -0.359. The predicted octanol–water partition coefficient (Wildman–Crippen LogP) is 16.1. The van der Waals surface area contributed by atoms with Crippen molar-refractivity contribution < 1.29 is 64.6 Å². The molecule has 2 rings (SSSR count). The molecular formula is C79H135NO13. The molecule has 93 heavy (non-hydrogen) atoms. The second-order valence-electron chi connectivity index (χ2n) is 25.7. The van der Waals surface area contributed by atoms with E-state index in [-0.39, 0.29) is 18.9 Å². The Bertz CT molecular complexity index is 2030. The lowest BCUT2D eigenvalue weighted by Gasteiger charge is -2.46. The van der Waals surface area contributed by atoms with E-state index in [0.29, 0.717) is 12.8 Å². The number of allylic oxidation sites excluding steroid dienone is 19. The third-order valence-corrected chi connectivity index (χ3v) is 17.4. The molecule has 12 atom stereocenters. The van der Waals surface area contributed by atoms with Gasteiger partial charge in [-0.15, -0.1) is 0 Å². The molecule has 0 aliphatic carbocycles. The maximum absolute atomic E-state index is 13.3. The van der Waals surface area contributed by atoms with E-state index in [1.54, 1.807) is 6.08 Å². The van der Waals surface area contributed by atoms with E-state index in [1.165, 1.54) is 161 Å². The zero-order chi connectivity index (χ0) is 67.3. The van der Waals surface area contributed by atoms with Crippen LogP contribution < -0.4 is 5.32 Å². The topological polar surface area (TPSA) is 228 Å². The van der Waals surface area contributed by atoms with Crippen molar-refractivity contribution in [2.45, 2.75) is 351 Å². The van der Waals surface area contributed by atoms with Gasteiger partial charge in [0.15, 0.2) is 12.6 Å². The van der Waals surface area contributed by atoms with Gasteiger partial charge in [-0.25, -0.2) is 0 Å². The minimum atomic E-state index is -1.80. The zero-order valence-electron chi connectivity index (χ0n) is 58.2. The summed E-state index contributed by atoms with van der Waals surface area (Å²) in [7, 11) is 0. The number of aliphatic hydroxyl groups is 8. The van der Waals surface area contributed by atoms with Gasteiger partial charge in [0.2, 0.25) is 5.91 Å². The first kappa shape index (κ1) is 85.5. The quantitative estimate of drug-likeness (QED) is 0.0204. The summed E-state index contributed by atoms with van der Waals surface area (Å²) in [5.41, 5.74) is 0. The molecule has 0 radical (unpaired) electrons. The lowest BCUT2D eigenvalue weighted by Crippen LogP contribution is -2.65. The molecule has 1 amide bonds. The van der Waals surface area contributed by atoms with Gasteiger partial charge in [-0.1, -0.05) is 309 Å². The van der Waals surface area contributed by atoms with E-state index in [4.69, 9.17) is 18.9 Å². The number of hydrogen-bond donors (Lipinski definition) is 9. The monoisotopic (exact) mass is 1310 g/mol. The van der Waals surface area contributed by atoms with E-state index >= 15 is 0 Å². The van der Waals surface area contributed by atoms with Crippen LogP contribution in [0.2, 0.25) is 0 Å². The maximum Gasteiger partial charge on any atom is 0.220 e. The van der Waals surface area contributed by atoms with Gasteiger partial charge in [0.05, 0.1) is 32.0 Å². The molecule has 534 valence electrons. The van der Waals surface area contributed by atoms with E-state index in [2.05, 4.69) is 129 Å². The number of aliphatic hydroxyl groups excluding tert-OH is 8. The van der Waals surface area contributed by atoms with Crippen molar-refractivity contribution >= 4 is 5.91 Å². The smallest absolute Gasteiger partial charge is 0.220 e. The van der Waals surface area contributed by atoms with Crippen LogP contribution in [0, 0.1) is 0 Å². The Labute approximate surface area is 565 Å². The zero-order valence-corrected chi connectivity index (χ0v) is 58.2. The molecule has 12 unspecified atom stereocenters. The van der Waals surface area contributed by atoms with Crippen LogP contribution >= 0.6 is 0 Å². The fourth-order valence-electron chi connectivity index (χ4n) is 11.5. The first-order valence-corrected chi connectivity index (χ1v) is 37.3. The van der Waals surface area contributed by atoms with Gasteiger partial charge < -0.3 is 65.1 Å². The molecule has 14 heteroatoms. The molecule has 2 saturated heterocycles. The first-order chi connectivity index (χ1) is 45.6. The van der Waals surface area contributed by atoms with Crippen molar-refractivity contribution in [3.8, 4) is 0 Å². The highest BCUT2D eigenvalue weighted by Crippen LogP contribution is 2.30. The Balaban J connectivity index is 1.70. The van der Waals surface area contributed by atoms with E-state index in [0.717, 1.165) is 83.5 Å². The summed E-state index contributed by atoms with van der Waals surface area (Å²) in [4.78, 5) is 13.3. The molecule has 0 aromatic carbocycles. The van der Waals surface area contributed by atoms with Crippen LogP contribution in [-0.4, -0.2) is 140 Å². The highest BCUT2D eigenvalue weighted by Gasteiger charge is 2.51. The molecule has 2 heterocycles. The summed E-state index contributed by atoms with van der Waals surface area (Å²) in [5, 5.41) is 87.5. The summed E-state index contributed by atoms with van der Waals surface area (Å²) >= 11 is 0. The van der Waals surface area contributed by atoms with Gasteiger partial charge >= 0.3 is 0 Å². The lowest BCUT2D eigenvalue weighted by atomic mass is 9.97. The number of nitrogens with one attached hydrogen (secondary N) is 1. The van der Waals surface area contributed by atoms with E-state index < -0.39 is 86.8 Å². The van der Waals surface area contributed by atoms with Gasteiger partial charge in [0.1, 0.15) is 48.8 Å². The number of unbranched alkanes of at least 4 members (excludes halogenated alkanes) is 29. The molecule has 0 saturated carbocycles. The second-order valence-corrected chi connectivity index (χ2v) is 25.7. The Hall–Kier alpha value is -3.61. The van der Waals surface area contributed by atoms with Crippen LogP contribution in [-0.2, 0) is 23.7 Å². The van der Waals surface area contributed by atoms with E-state index in [9.17, 15) is 45.6 Å². The molecule has 14 nitrogen and oxygen atoms in total. The van der Waals surface area contributed by atoms with Gasteiger partial charge in [0, 0.05) is 6.42 Å². The molecule has 2 aliphatic heterocycles. The fraction of sp³-hybridized carbons (Fsp3) is 0.734. The van der Waals surface area contributed by atoms with Gasteiger partial charge in [0.25, 0.3) is 0 Å². The third kappa shape index (κ3) is 45.5. The number of amides is 1. The Morgan fingerprint density at radius 1 is 0.398 bits per heavy atom. The first-order valence-electron chi connectivity index (χ1n) is 37.3. The summed E-state index contributed by atoms with van der Waals surface area (Å²) in [6, 6.07) is -0.957. The van der Waals surface area contributed by atoms with Crippen LogP contribution in [0.25, 0.3) is 0 Å². The molecule has 0 bridgehead atoms. The van der Waals surface area contributed by atoms with E-state index in [1.807, 2.05) is 6.08 Å². The number of ether oxygens (including phenoxy) is 4. The number of rotatable bonds is 60. The maximum atomic E-state index is 13.3. The van der Waals surface area contributed by atoms with Crippen molar-refractivity contribution in [1.82, 2.24) is 5.32 Å². The Morgan fingerprint density at radius 3 is 1.13 bits per heavy atom. The number of hydrogen-bond acceptors (Lipinski definition) is 13. The van der Waals surface area contributed by atoms with Crippen molar-refractivity contribution in [3.05, 3.63) is 122 Å². The minimum Gasteiger partial charge on any atom is -0.394 e. The molecule has 0 aromatic heterocycles. The van der Waals surface area contributed by atoms with Crippen LogP contribution in [0.3, 0.4) is 0 Å². The van der Waals surface area contributed by atoms with Gasteiger partial charge in [-0.2, -0.15) is 0 Å². The fourth-order valence-corrected chi connectivity index (χ4v) is 11.5. The Kier molecular flexibility index (Phi) is 56.9. The van der Waals surface area contributed by atoms with Crippen molar-refractivity contribution in [3.63, 3.8) is 0 Å². The average molecular weight is 1310 g/mol. The van der Waals surface area contributed by atoms with Gasteiger partial charge in [-0.3, -0.25) is 4.79 Å². The average Bonchev–Trinajstić information content (AvgIpc) is 0.854. The molecule has 2 fully saturated rings. The summed E-state index contributed by atoms with van der Waals surface area (Å²) in [6.07, 6.45) is 74.1. The molecular weight excluding hydrogens is 1170 g/mol. The number of carbonyl (C=O) groups excluding carboxylic acids is 1. The van der Waals surface area contributed by atoms with Crippen molar-refractivity contribution in [1.29, 1.82) is 0 Å². The largest absolute Gasteiger partial charge is 0.394 e. The standard InChI is InChI=1S/C79H135NO13/c1-3-5-7-9-11-13-15-17-19-21-23-25-27-29-31-33-35-36-38-40-42-44-46-48-50-52-54-56-58-60-62-68(83)67(66-90-78-76(89)74(87)77(70(65-82)92-78)93-79-75(88)73(86)72(85)69(64-81)91-79)80-71(84)63-61-59-57-55-53-51-49-47-45-43-41-39-37-34-32-30-28-26-24-22-20-18-16-14-12-10-8-6-4-2/h6,8,12,14,18,20,24,26,30,32,37,39,43,45,49,51,55,57,60,62,67-70,72-79,81-83,85-89H,3-5,7,9-11,13,15-17,19,21-23,25,27-29,31,33-36,38,40-42,44,46-48,50,52-54,56,58-59,61,63-66H2,1-2H3,(H,80,84)/b8-6-,14-12-,20-18-,26-24-,32-30-,39-37-,45-43-,51-49-,57-55-,62-60+. The second kappa shape index (κ2) is 61.9. The summed E-state index contributed by atoms with van der Waals surface area (Å²) in [5.74, 6) is -0.299. The third-order valence-electron chi connectivity index (χ3n) is 17.4. The predicted molar refractivity (Wildman–Crippen MR) is 382 cm³/mol. The molecule has 0 spiro atoms. The van der Waals surface area contributed by atoms with Gasteiger partial charge in [-0.05, 0) is 83.5 Å². The van der Waals surface area contributed by atoms with Crippen LogP contribution in [0.15, 0.2) is 122 Å². The molecule has 0 aromatic rings. The van der Waals surface area contributed by atoms with Crippen LogP contribution in [0.1, 0.15) is 277 Å². The Morgan fingerprint density at radius 2 is 0.742 bits per heavy atom. The van der Waals surface area contributed by atoms with Crippen LogP contribution in [0.5, 0.6) is 0 Å². The summed E-state index contributed by atoms with van der Waals surface area (Å²) in [6.45, 7) is 2.67. The highest BCUT2D eigenvalue weighted by atomic mass is 16.7. The summed E-state index contributed by atoms with van der Waals surface area (Å²) < 4.78 is 22.8. The van der Waals surface area contributed by atoms with Crippen molar-refractivity contribution in [2.75, 3.05) is 19.8 Å². The SMILES string of the molecule is CC/C=C\C/C=C\C/C=C\C/C=C\C/C=C\C/C=C\C/C=C\C/C=C\C/C=C\CCCC(=O)NC(COC1OC(CO)C(OC2OC(CO)C(O)C(O)C2O)C(O)C1O)C(O)/C=C/CCCCCCCCCCCCCCCCCCCCCCCCCCCCCC. The number of carbonyl (C=O) groups is 1. The van der Waals surface area contributed by atoms with Crippen molar-refractivity contribution in [2.24, 2.45) is 0 Å².